The van der Waals surface area contributed by atoms with E-state index < -0.39 is 0 Å². The zero-order valence-corrected chi connectivity index (χ0v) is 11.9. The van der Waals surface area contributed by atoms with Crippen LogP contribution >= 0.6 is 0 Å². The fourth-order valence-electron chi connectivity index (χ4n) is 2.06. The monoisotopic (exact) mass is 256 g/mol. The van der Waals surface area contributed by atoms with Crippen molar-refractivity contribution >= 4 is 11.5 Å². The lowest BCUT2D eigenvalue weighted by atomic mass is 10.2. The van der Waals surface area contributed by atoms with Gasteiger partial charge in [-0.15, -0.1) is 0 Å². The van der Waals surface area contributed by atoms with Gasteiger partial charge in [-0.3, -0.25) is 4.68 Å². The van der Waals surface area contributed by atoms with Crippen molar-refractivity contribution in [3.05, 3.63) is 5.69 Å². The molecule has 0 aliphatic carbocycles. The van der Waals surface area contributed by atoms with Crippen LogP contribution in [0.1, 0.15) is 12.6 Å². The molecule has 0 amide bonds. The van der Waals surface area contributed by atoms with E-state index in [4.69, 9.17) is 15.2 Å². The number of methoxy groups -OCH3 is 2. The fraction of sp³-hybridized carbons (Fsp3) is 0.750. The molecule has 0 aromatic carbocycles. The second-order valence-electron chi connectivity index (χ2n) is 4.44. The lowest BCUT2D eigenvalue weighted by Gasteiger charge is -2.30. The summed E-state index contributed by atoms with van der Waals surface area (Å²) >= 11 is 0. The molecule has 1 unspecified atom stereocenters. The zero-order valence-electron chi connectivity index (χ0n) is 11.9. The lowest BCUT2D eigenvalue weighted by molar-refractivity contribution is 0.170. The van der Waals surface area contributed by atoms with Crippen molar-refractivity contribution in [3.63, 3.8) is 0 Å². The van der Waals surface area contributed by atoms with Crippen molar-refractivity contribution in [1.29, 1.82) is 0 Å². The Morgan fingerprint density at radius 3 is 2.50 bits per heavy atom. The van der Waals surface area contributed by atoms with Crippen LogP contribution in [0.25, 0.3) is 0 Å². The van der Waals surface area contributed by atoms with Gasteiger partial charge >= 0.3 is 0 Å². The summed E-state index contributed by atoms with van der Waals surface area (Å²) in [5, 5.41) is 4.35. The highest BCUT2D eigenvalue weighted by atomic mass is 16.5. The van der Waals surface area contributed by atoms with Crippen LogP contribution in [-0.2, 0) is 16.5 Å². The first-order valence-corrected chi connectivity index (χ1v) is 6.06. The molecule has 0 bridgehead atoms. The van der Waals surface area contributed by atoms with Crippen LogP contribution in [0.2, 0.25) is 0 Å². The third-order valence-electron chi connectivity index (χ3n) is 2.99. The van der Waals surface area contributed by atoms with Crippen molar-refractivity contribution in [1.82, 2.24) is 9.78 Å². The SMILES string of the molecule is COCCN(c1c(N)c(C)nn1C)C(C)COC. The molecule has 1 rings (SSSR count). The Kier molecular flexibility index (Phi) is 5.43. The number of aryl methyl sites for hydroxylation is 2. The van der Waals surface area contributed by atoms with Gasteiger partial charge in [-0.2, -0.15) is 5.10 Å². The Labute approximate surface area is 109 Å². The summed E-state index contributed by atoms with van der Waals surface area (Å²) in [5.74, 6) is 0.925. The van der Waals surface area contributed by atoms with Crippen LogP contribution in [0.5, 0.6) is 0 Å². The number of ether oxygens (including phenoxy) is 2. The van der Waals surface area contributed by atoms with Gasteiger partial charge in [-0.1, -0.05) is 0 Å². The maximum atomic E-state index is 6.10. The second-order valence-corrected chi connectivity index (χ2v) is 4.44. The highest BCUT2D eigenvalue weighted by molar-refractivity contribution is 5.66. The molecule has 1 atom stereocenters. The van der Waals surface area contributed by atoms with Gasteiger partial charge in [0.15, 0.2) is 5.82 Å². The molecule has 0 saturated heterocycles. The van der Waals surface area contributed by atoms with Crippen LogP contribution in [-0.4, -0.2) is 49.8 Å². The molecule has 2 N–H and O–H groups in total. The minimum Gasteiger partial charge on any atom is -0.394 e. The molecule has 0 fully saturated rings. The normalized spacial score (nSPS) is 12.7. The number of aromatic nitrogens is 2. The predicted octanol–water partition coefficient (Wildman–Crippen LogP) is 0.798. The van der Waals surface area contributed by atoms with E-state index in [2.05, 4.69) is 16.9 Å². The Morgan fingerprint density at radius 1 is 1.39 bits per heavy atom. The van der Waals surface area contributed by atoms with E-state index >= 15 is 0 Å². The van der Waals surface area contributed by atoms with E-state index in [1.165, 1.54) is 0 Å². The van der Waals surface area contributed by atoms with E-state index in [0.717, 1.165) is 23.7 Å². The summed E-state index contributed by atoms with van der Waals surface area (Å²) in [6.07, 6.45) is 0. The molecule has 1 heterocycles. The molecule has 0 aliphatic rings. The van der Waals surface area contributed by atoms with E-state index in [0.29, 0.717) is 13.2 Å². The molecule has 6 nitrogen and oxygen atoms in total. The second kappa shape index (κ2) is 6.61. The predicted molar refractivity (Wildman–Crippen MR) is 72.9 cm³/mol. The van der Waals surface area contributed by atoms with Gasteiger partial charge in [0, 0.05) is 27.8 Å². The smallest absolute Gasteiger partial charge is 0.150 e. The van der Waals surface area contributed by atoms with Crippen molar-refractivity contribution in [2.75, 3.05) is 44.6 Å². The minimum atomic E-state index is 0.210. The Hall–Kier alpha value is -1.27. The van der Waals surface area contributed by atoms with E-state index in [-0.39, 0.29) is 6.04 Å². The first-order valence-electron chi connectivity index (χ1n) is 6.06. The molecule has 18 heavy (non-hydrogen) atoms. The van der Waals surface area contributed by atoms with Crippen LogP contribution in [0.15, 0.2) is 0 Å². The number of nitrogens with two attached hydrogens (primary N) is 1. The van der Waals surface area contributed by atoms with E-state index in [1.807, 2.05) is 18.7 Å². The molecule has 104 valence electrons. The summed E-state index contributed by atoms with van der Waals surface area (Å²) in [7, 11) is 5.29. The summed E-state index contributed by atoms with van der Waals surface area (Å²) in [4.78, 5) is 2.17. The van der Waals surface area contributed by atoms with Crippen LogP contribution in [0.3, 0.4) is 0 Å². The van der Waals surface area contributed by atoms with Crippen molar-refractivity contribution in [3.8, 4) is 0 Å². The maximum absolute atomic E-state index is 6.10. The molecule has 1 aromatic rings. The fourth-order valence-corrected chi connectivity index (χ4v) is 2.06. The molecular weight excluding hydrogens is 232 g/mol. The molecule has 6 heteroatoms. The summed E-state index contributed by atoms with van der Waals surface area (Å²) in [6, 6.07) is 0.210. The standard InChI is InChI=1S/C12H24N4O2/c1-9(8-18-5)16(6-7-17-4)12-11(13)10(2)14-15(12)3/h9H,6-8,13H2,1-5H3. The molecule has 0 aliphatic heterocycles. The zero-order chi connectivity index (χ0) is 13.7. The highest BCUT2D eigenvalue weighted by Gasteiger charge is 2.21. The number of nitrogens with zero attached hydrogens (tertiary/aromatic N) is 3. The Morgan fingerprint density at radius 2 is 2.06 bits per heavy atom. The van der Waals surface area contributed by atoms with Gasteiger partial charge < -0.3 is 20.1 Å². The number of nitrogen functional groups attached to an aromatic ring is 1. The van der Waals surface area contributed by atoms with Crippen molar-refractivity contribution in [2.45, 2.75) is 19.9 Å². The first-order chi connectivity index (χ1) is 8.52. The lowest BCUT2D eigenvalue weighted by Crippen LogP contribution is -2.40. The molecule has 0 spiro atoms. The van der Waals surface area contributed by atoms with Gasteiger partial charge in [0.05, 0.1) is 30.6 Å². The van der Waals surface area contributed by atoms with Gasteiger partial charge in [0.1, 0.15) is 0 Å². The van der Waals surface area contributed by atoms with Gasteiger partial charge in [0.2, 0.25) is 0 Å². The van der Waals surface area contributed by atoms with Gasteiger partial charge in [0.25, 0.3) is 0 Å². The van der Waals surface area contributed by atoms with Crippen LogP contribution in [0, 0.1) is 6.92 Å². The third kappa shape index (κ3) is 3.14. The topological polar surface area (TPSA) is 65.5 Å². The van der Waals surface area contributed by atoms with Crippen molar-refractivity contribution < 1.29 is 9.47 Å². The van der Waals surface area contributed by atoms with Gasteiger partial charge in [-0.25, -0.2) is 0 Å². The molecule has 0 saturated carbocycles. The van der Waals surface area contributed by atoms with E-state index in [9.17, 15) is 0 Å². The quantitative estimate of drug-likeness (QED) is 0.781. The highest BCUT2D eigenvalue weighted by Crippen LogP contribution is 2.27. The minimum absolute atomic E-state index is 0.210. The average Bonchev–Trinajstić information content (AvgIpc) is 2.56. The molecule has 0 radical (unpaired) electrons. The number of rotatable bonds is 7. The largest absolute Gasteiger partial charge is 0.394 e. The summed E-state index contributed by atoms with van der Waals surface area (Å²) in [5.41, 5.74) is 7.67. The maximum Gasteiger partial charge on any atom is 0.150 e. The van der Waals surface area contributed by atoms with E-state index in [1.54, 1.807) is 14.2 Å². The number of anilines is 2. The molecular formula is C12H24N4O2. The average molecular weight is 256 g/mol. The summed E-state index contributed by atoms with van der Waals surface area (Å²) < 4.78 is 12.2. The van der Waals surface area contributed by atoms with Gasteiger partial charge in [-0.05, 0) is 13.8 Å². The number of hydrogen-bond donors (Lipinski definition) is 1. The van der Waals surface area contributed by atoms with Crippen LogP contribution in [0.4, 0.5) is 11.5 Å². The van der Waals surface area contributed by atoms with Crippen molar-refractivity contribution in [2.24, 2.45) is 7.05 Å². The first kappa shape index (κ1) is 14.8. The Balaban J connectivity index is 3.00. The third-order valence-corrected chi connectivity index (χ3v) is 2.99. The Bertz CT molecular complexity index is 378. The summed E-state index contributed by atoms with van der Waals surface area (Å²) in [6.45, 7) is 6.03. The number of hydrogen-bond acceptors (Lipinski definition) is 5. The molecule has 1 aromatic heterocycles. The van der Waals surface area contributed by atoms with Crippen LogP contribution < -0.4 is 10.6 Å².